The molecule has 6 nitrogen and oxygen atoms in total. The smallest absolute Gasteiger partial charge is 0.262 e. The SMILES string of the molecule is CCC(=O)Nc1nc2ccc(NC(=O)COc3ccccc3Cl)cc2s1. The third-order valence-electron chi connectivity index (χ3n) is 3.44. The lowest BCUT2D eigenvalue weighted by atomic mass is 10.3. The molecule has 26 heavy (non-hydrogen) atoms. The summed E-state index contributed by atoms with van der Waals surface area (Å²) in [6, 6.07) is 12.3. The first kappa shape index (κ1) is 18.2. The van der Waals surface area contributed by atoms with Crippen molar-refractivity contribution in [2.75, 3.05) is 17.2 Å². The van der Waals surface area contributed by atoms with E-state index in [4.69, 9.17) is 16.3 Å². The normalized spacial score (nSPS) is 10.5. The molecule has 3 rings (SSSR count). The minimum absolute atomic E-state index is 0.0886. The number of rotatable bonds is 6. The number of para-hydroxylation sites is 1. The van der Waals surface area contributed by atoms with E-state index in [-0.39, 0.29) is 18.4 Å². The van der Waals surface area contributed by atoms with Gasteiger partial charge in [-0.15, -0.1) is 0 Å². The fraction of sp³-hybridized carbons (Fsp3) is 0.167. The highest BCUT2D eigenvalue weighted by atomic mass is 35.5. The van der Waals surface area contributed by atoms with Crippen molar-refractivity contribution in [1.29, 1.82) is 0 Å². The summed E-state index contributed by atoms with van der Waals surface area (Å²) in [6.45, 7) is 1.63. The predicted molar refractivity (Wildman–Crippen MR) is 104 cm³/mol. The zero-order valence-corrected chi connectivity index (χ0v) is 15.5. The molecule has 2 aromatic carbocycles. The van der Waals surface area contributed by atoms with Crippen LogP contribution in [0.2, 0.25) is 5.02 Å². The largest absolute Gasteiger partial charge is 0.482 e. The quantitative estimate of drug-likeness (QED) is 0.658. The van der Waals surface area contributed by atoms with Crippen LogP contribution < -0.4 is 15.4 Å². The van der Waals surface area contributed by atoms with Gasteiger partial charge in [-0.1, -0.05) is 42.0 Å². The van der Waals surface area contributed by atoms with Crippen LogP contribution in [0.15, 0.2) is 42.5 Å². The van der Waals surface area contributed by atoms with E-state index < -0.39 is 0 Å². The highest BCUT2D eigenvalue weighted by Gasteiger charge is 2.09. The monoisotopic (exact) mass is 389 g/mol. The number of benzene rings is 2. The molecule has 0 atom stereocenters. The van der Waals surface area contributed by atoms with Gasteiger partial charge in [-0.2, -0.15) is 0 Å². The van der Waals surface area contributed by atoms with Crippen LogP contribution in [0.4, 0.5) is 10.8 Å². The van der Waals surface area contributed by atoms with Crippen molar-refractivity contribution in [3.63, 3.8) is 0 Å². The van der Waals surface area contributed by atoms with Gasteiger partial charge in [-0.3, -0.25) is 9.59 Å². The standard InChI is InChI=1S/C18H16ClN3O3S/c1-2-16(23)22-18-21-13-8-7-11(9-15(13)26-18)20-17(24)10-25-14-6-4-3-5-12(14)19/h3-9H,2,10H2,1H3,(H,20,24)(H,21,22,23). The highest BCUT2D eigenvalue weighted by molar-refractivity contribution is 7.22. The Bertz CT molecular complexity index is 958. The molecular weight excluding hydrogens is 374 g/mol. The molecule has 0 saturated carbocycles. The maximum Gasteiger partial charge on any atom is 0.262 e. The number of aromatic nitrogens is 1. The fourth-order valence-corrected chi connectivity index (χ4v) is 3.28. The predicted octanol–water partition coefficient (Wildman–Crippen LogP) is 4.32. The molecule has 0 spiro atoms. The van der Waals surface area contributed by atoms with Crippen molar-refractivity contribution in [2.24, 2.45) is 0 Å². The van der Waals surface area contributed by atoms with E-state index in [1.807, 2.05) is 6.07 Å². The molecule has 3 aromatic rings. The molecule has 2 amide bonds. The maximum absolute atomic E-state index is 12.1. The Labute approximate surface area is 159 Å². The number of ether oxygens (including phenoxy) is 1. The molecule has 134 valence electrons. The molecule has 1 heterocycles. The lowest BCUT2D eigenvalue weighted by molar-refractivity contribution is -0.118. The number of hydrogen-bond donors (Lipinski definition) is 2. The maximum atomic E-state index is 12.1. The second-order valence-electron chi connectivity index (χ2n) is 5.37. The number of hydrogen-bond acceptors (Lipinski definition) is 5. The molecule has 0 unspecified atom stereocenters. The first-order valence-electron chi connectivity index (χ1n) is 7.93. The summed E-state index contributed by atoms with van der Waals surface area (Å²) in [5.41, 5.74) is 1.38. The van der Waals surface area contributed by atoms with Gasteiger partial charge in [0.2, 0.25) is 5.91 Å². The van der Waals surface area contributed by atoms with Crippen LogP contribution >= 0.6 is 22.9 Å². The Kier molecular flexibility index (Phi) is 5.70. The minimum atomic E-state index is -0.298. The van der Waals surface area contributed by atoms with Crippen molar-refractivity contribution in [3.05, 3.63) is 47.5 Å². The van der Waals surface area contributed by atoms with E-state index in [1.54, 1.807) is 43.3 Å². The van der Waals surface area contributed by atoms with Gasteiger partial charge in [-0.05, 0) is 30.3 Å². The molecule has 2 N–H and O–H groups in total. The highest BCUT2D eigenvalue weighted by Crippen LogP contribution is 2.28. The Hall–Kier alpha value is -2.64. The Morgan fingerprint density at radius 3 is 2.73 bits per heavy atom. The van der Waals surface area contributed by atoms with Crippen LogP contribution in [-0.4, -0.2) is 23.4 Å². The summed E-state index contributed by atoms with van der Waals surface area (Å²) in [5, 5.41) is 6.49. The van der Waals surface area contributed by atoms with Crippen LogP contribution in [-0.2, 0) is 9.59 Å². The van der Waals surface area contributed by atoms with Gasteiger partial charge in [0.25, 0.3) is 5.91 Å². The number of fused-ring (bicyclic) bond motifs is 1. The molecule has 0 bridgehead atoms. The second kappa shape index (κ2) is 8.16. The molecule has 0 radical (unpaired) electrons. The molecule has 0 saturated heterocycles. The van der Waals surface area contributed by atoms with Crippen LogP contribution in [0.3, 0.4) is 0 Å². The number of amides is 2. The van der Waals surface area contributed by atoms with E-state index in [0.717, 1.165) is 10.2 Å². The van der Waals surface area contributed by atoms with Crippen LogP contribution in [0.5, 0.6) is 5.75 Å². The van der Waals surface area contributed by atoms with Crippen LogP contribution in [0.25, 0.3) is 10.2 Å². The number of thiazole rings is 1. The van der Waals surface area contributed by atoms with E-state index in [9.17, 15) is 9.59 Å². The van der Waals surface area contributed by atoms with Gasteiger partial charge in [0.1, 0.15) is 5.75 Å². The summed E-state index contributed by atoms with van der Waals surface area (Å²) in [5.74, 6) is 0.0705. The van der Waals surface area contributed by atoms with E-state index in [0.29, 0.717) is 28.0 Å². The fourth-order valence-electron chi connectivity index (χ4n) is 2.17. The lowest BCUT2D eigenvalue weighted by Crippen LogP contribution is -2.20. The van der Waals surface area contributed by atoms with Gasteiger partial charge in [0.15, 0.2) is 11.7 Å². The zero-order chi connectivity index (χ0) is 18.5. The lowest BCUT2D eigenvalue weighted by Gasteiger charge is -2.08. The number of halogens is 1. The summed E-state index contributed by atoms with van der Waals surface area (Å²) < 4.78 is 6.28. The molecule has 0 aliphatic heterocycles. The average Bonchev–Trinajstić information content (AvgIpc) is 3.02. The van der Waals surface area contributed by atoms with Crippen LogP contribution in [0.1, 0.15) is 13.3 Å². The van der Waals surface area contributed by atoms with Crippen molar-refractivity contribution >= 4 is 55.8 Å². The molecule has 1 aromatic heterocycles. The third-order valence-corrected chi connectivity index (χ3v) is 4.68. The second-order valence-corrected chi connectivity index (χ2v) is 6.81. The van der Waals surface area contributed by atoms with Gasteiger partial charge in [-0.25, -0.2) is 4.98 Å². The van der Waals surface area contributed by atoms with E-state index in [2.05, 4.69) is 15.6 Å². The van der Waals surface area contributed by atoms with Gasteiger partial charge in [0.05, 0.1) is 15.2 Å². The van der Waals surface area contributed by atoms with Gasteiger partial charge >= 0.3 is 0 Å². The first-order chi connectivity index (χ1) is 12.5. The van der Waals surface area contributed by atoms with Crippen molar-refractivity contribution in [3.8, 4) is 5.75 Å². The number of carbonyl (C=O) groups is 2. The van der Waals surface area contributed by atoms with E-state index >= 15 is 0 Å². The Morgan fingerprint density at radius 2 is 1.96 bits per heavy atom. The van der Waals surface area contributed by atoms with Crippen molar-refractivity contribution in [2.45, 2.75) is 13.3 Å². The topological polar surface area (TPSA) is 80.3 Å². The molecule has 0 aliphatic carbocycles. The number of anilines is 2. The third kappa shape index (κ3) is 4.50. The summed E-state index contributed by atoms with van der Waals surface area (Å²) in [4.78, 5) is 27.9. The first-order valence-corrected chi connectivity index (χ1v) is 9.12. The number of nitrogens with one attached hydrogen (secondary N) is 2. The molecule has 8 heteroatoms. The summed E-state index contributed by atoms with van der Waals surface area (Å²) in [7, 11) is 0. The minimum Gasteiger partial charge on any atom is -0.482 e. The molecule has 0 aliphatic rings. The summed E-state index contributed by atoms with van der Waals surface area (Å²) in [6.07, 6.45) is 0.392. The van der Waals surface area contributed by atoms with Gasteiger partial charge < -0.3 is 15.4 Å². The number of carbonyl (C=O) groups excluding carboxylic acids is 2. The number of nitrogens with zero attached hydrogens (tertiary/aromatic N) is 1. The molecule has 0 fully saturated rings. The Morgan fingerprint density at radius 1 is 1.15 bits per heavy atom. The van der Waals surface area contributed by atoms with Crippen molar-refractivity contribution < 1.29 is 14.3 Å². The van der Waals surface area contributed by atoms with Crippen LogP contribution in [0, 0.1) is 0 Å². The Balaban J connectivity index is 1.63. The van der Waals surface area contributed by atoms with Crippen molar-refractivity contribution in [1.82, 2.24) is 4.98 Å². The zero-order valence-electron chi connectivity index (χ0n) is 13.9. The average molecular weight is 390 g/mol. The summed E-state index contributed by atoms with van der Waals surface area (Å²) >= 11 is 7.34. The molecular formula is C18H16ClN3O3S. The van der Waals surface area contributed by atoms with E-state index in [1.165, 1.54) is 11.3 Å². The van der Waals surface area contributed by atoms with Gasteiger partial charge in [0, 0.05) is 12.1 Å².